The first-order valence-electron chi connectivity index (χ1n) is 4.40. The molecule has 0 saturated heterocycles. The van der Waals surface area contributed by atoms with Gasteiger partial charge in [0, 0.05) is 6.42 Å². The van der Waals surface area contributed by atoms with Crippen LogP contribution in [-0.2, 0) is 20.7 Å². The van der Waals surface area contributed by atoms with Crippen molar-refractivity contribution in [3.8, 4) is 0 Å². The van der Waals surface area contributed by atoms with E-state index in [9.17, 15) is 4.79 Å². The van der Waals surface area contributed by atoms with Crippen molar-refractivity contribution in [1.29, 1.82) is 0 Å². The number of hydrogen-bond donors (Lipinski definition) is 0. The van der Waals surface area contributed by atoms with Crippen molar-refractivity contribution < 1.29 is 14.3 Å². The van der Waals surface area contributed by atoms with E-state index in [4.69, 9.17) is 9.47 Å². The molecule has 0 aromatic heterocycles. The molecule has 1 aromatic carbocycles. The minimum Gasteiger partial charge on any atom is -0.486 e. The maximum Gasteiger partial charge on any atom is 0.349 e. The minimum atomic E-state index is -0.335. The van der Waals surface area contributed by atoms with Gasteiger partial charge < -0.3 is 9.47 Å². The zero-order chi connectivity index (χ0) is 9.80. The van der Waals surface area contributed by atoms with Gasteiger partial charge >= 0.3 is 5.97 Å². The molecule has 1 aliphatic heterocycles. The van der Waals surface area contributed by atoms with Gasteiger partial charge in [-0.05, 0) is 5.56 Å². The van der Waals surface area contributed by atoms with Gasteiger partial charge in [-0.2, -0.15) is 0 Å². The van der Waals surface area contributed by atoms with E-state index >= 15 is 0 Å². The molecule has 0 unspecified atom stereocenters. The standard InChI is InChI=1S/C11H10O3/c12-11-8-13-7-10(14-11)6-9-4-2-1-3-5-9/h1-5,7H,6,8H2. The summed E-state index contributed by atoms with van der Waals surface area (Å²) in [7, 11) is 0. The Morgan fingerprint density at radius 2 is 2.00 bits per heavy atom. The summed E-state index contributed by atoms with van der Waals surface area (Å²) in [5.41, 5.74) is 1.09. The van der Waals surface area contributed by atoms with Gasteiger partial charge in [-0.3, -0.25) is 0 Å². The lowest BCUT2D eigenvalue weighted by Gasteiger charge is -2.13. The summed E-state index contributed by atoms with van der Waals surface area (Å²) < 4.78 is 9.92. The van der Waals surface area contributed by atoms with Crippen LogP contribution in [0.2, 0.25) is 0 Å². The van der Waals surface area contributed by atoms with E-state index < -0.39 is 0 Å². The molecule has 0 fully saturated rings. The lowest BCUT2D eigenvalue weighted by atomic mass is 10.1. The molecule has 0 aliphatic carbocycles. The molecule has 0 atom stereocenters. The molecule has 0 saturated carbocycles. The Bertz CT molecular complexity index is 354. The van der Waals surface area contributed by atoms with E-state index in [1.807, 2.05) is 30.3 Å². The molecular formula is C11H10O3. The predicted molar refractivity (Wildman–Crippen MR) is 50.3 cm³/mol. The van der Waals surface area contributed by atoms with Gasteiger partial charge in [-0.1, -0.05) is 30.3 Å². The molecule has 1 aliphatic rings. The van der Waals surface area contributed by atoms with E-state index in [1.165, 1.54) is 6.26 Å². The molecular weight excluding hydrogens is 180 g/mol. The maximum absolute atomic E-state index is 10.9. The van der Waals surface area contributed by atoms with Crippen molar-refractivity contribution in [3.63, 3.8) is 0 Å². The fourth-order valence-electron chi connectivity index (χ4n) is 1.28. The summed E-state index contributed by atoms with van der Waals surface area (Å²) >= 11 is 0. The van der Waals surface area contributed by atoms with Crippen molar-refractivity contribution in [2.75, 3.05) is 6.61 Å². The third kappa shape index (κ3) is 2.13. The molecule has 0 N–H and O–H groups in total. The van der Waals surface area contributed by atoms with Crippen LogP contribution in [0.3, 0.4) is 0 Å². The number of cyclic esters (lactones) is 1. The molecule has 0 bridgehead atoms. The second-order valence-electron chi connectivity index (χ2n) is 3.03. The number of ether oxygens (including phenoxy) is 2. The third-order valence-corrected chi connectivity index (χ3v) is 1.88. The number of allylic oxidation sites excluding steroid dienone is 1. The van der Waals surface area contributed by atoms with Crippen molar-refractivity contribution in [1.82, 2.24) is 0 Å². The number of hydrogen-bond acceptors (Lipinski definition) is 3. The molecule has 3 nitrogen and oxygen atoms in total. The summed E-state index contributed by atoms with van der Waals surface area (Å²) in [4.78, 5) is 10.9. The second kappa shape index (κ2) is 3.96. The first kappa shape index (κ1) is 8.81. The monoisotopic (exact) mass is 190 g/mol. The second-order valence-corrected chi connectivity index (χ2v) is 3.03. The van der Waals surface area contributed by atoms with Gasteiger partial charge in [0.15, 0.2) is 6.61 Å². The zero-order valence-corrected chi connectivity index (χ0v) is 7.60. The van der Waals surface area contributed by atoms with Gasteiger partial charge in [0.1, 0.15) is 12.0 Å². The Morgan fingerprint density at radius 3 is 2.71 bits per heavy atom. The normalized spacial score (nSPS) is 15.4. The van der Waals surface area contributed by atoms with Gasteiger partial charge in [0.05, 0.1) is 0 Å². The smallest absolute Gasteiger partial charge is 0.349 e. The predicted octanol–water partition coefficient (Wildman–Crippen LogP) is 1.64. The summed E-state index contributed by atoms with van der Waals surface area (Å²) in [6.07, 6.45) is 2.08. The molecule has 1 heterocycles. The van der Waals surface area contributed by atoms with Gasteiger partial charge in [0.2, 0.25) is 0 Å². The first-order chi connectivity index (χ1) is 6.84. The Labute approximate surface area is 81.9 Å². The highest BCUT2D eigenvalue weighted by Gasteiger charge is 2.13. The van der Waals surface area contributed by atoms with E-state index in [-0.39, 0.29) is 12.6 Å². The number of esters is 1. The SMILES string of the molecule is O=C1COC=C(Cc2ccccc2)O1. The number of rotatable bonds is 2. The maximum atomic E-state index is 10.9. The Kier molecular flexibility index (Phi) is 2.49. The van der Waals surface area contributed by atoms with Gasteiger partial charge in [-0.15, -0.1) is 0 Å². The van der Waals surface area contributed by atoms with Crippen molar-refractivity contribution in [3.05, 3.63) is 47.9 Å². The molecule has 0 spiro atoms. The number of carbonyl (C=O) groups is 1. The van der Waals surface area contributed by atoms with Gasteiger partial charge in [0.25, 0.3) is 0 Å². The zero-order valence-electron chi connectivity index (χ0n) is 7.60. The summed E-state index contributed by atoms with van der Waals surface area (Å²) in [6, 6.07) is 9.79. The Balaban J connectivity index is 2.05. The molecule has 1 aromatic rings. The largest absolute Gasteiger partial charge is 0.486 e. The summed E-state index contributed by atoms with van der Waals surface area (Å²) in [6.45, 7) is 0.0122. The molecule has 3 heteroatoms. The van der Waals surface area contributed by atoms with Crippen LogP contribution in [-0.4, -0.2) is 12.6 Å². The first-order valence-corrected chi connectivity index (χ1v) is 4.40. The van der Waals surface area contributed by atoms with Crippen LogP contribution in [0.25, 0.3) is 0 Å². The summed E-state index contributed by atoms with van der Waals surface area (Å²) in [5.74, 6) is 0.228. The number of carbonyl (C=O) groups excluding carboxylic acids is 1. The van der Waals surface area contributed by atoms with Crippen molar-refractivity contribution >= 4 is 5.97 Å². The summed E-state index contributed by atoms with van der Waals surface area (Å²) in [5, 5.41) is 0. The van der Waals surface area contributed by atoms with Crippen LogP contribution >= 0.6 is 0 Å². The Hall–Kier alpha value is -1.77. The van der Waals surface area contributed by atoms with Crippen LogP contribution in [0.4, 0.5) is 0 Å². The number of benzene rings is 1. The van der Waals surface area contributed by atoms with Crippen LogP contribution in [0, 0.1) is 0 Å². The van der Waals surface area contributed by atoms with Crippen molar-refractivity contribution in [2.24, 2.45) is 0 Å². The average molecular weight is 190 g/mol. The van der Waals surface area contributed by atoms with E-state index in [0.29, 0.717) is 12.2 Å². The fraction of sp³-hybridized carbons (Fsp3) is 0.182. The van der Waals surface area contributed by atoms with Crippen LogP contribution in [0.5, 0.6) is 0 Å². The molecule has 2 rings (SSSR count). The van der Waals surface area contributed by atoms with E-state index in [0.717, 1.165) is 5.56 Å². The fourth-order valence-corrected chi connectivity index (χ4v) is 1.28. The van der Waals surface area contributed by atoms with Gasteiger partial charge in [-0.25, -0.2) is 4.79 Å². The lowest BCUT2D eigenvalue weighted by Crippen LogP contribution is -2.16. The van der Waals surface area contributed by atoms with Crippen LogP contribution in [0.15, 0.2) is 42.4 Å². The highest BCUT2D eigenvalue weighted by molar-refractivity contribution is 5.72. The molecule has 72 valence electrons. The average Bonchev–Trinajstić information content (AvgIpc) is 2.19. The van der Waals surface area contributed by atoms with Crippen LogP contribution in [0.1, 0.15) is 5.56 Å². The van der Waals surface area contributed by atoms with Crippen LogP contribution < -0.4 is 0 Å². The molecule has 0 radical (unpaired) electrons. The lowest BCUT2D eigenvalue weighted by molar-refractivity contribution is -0.146. The molecule has 14 heavy (non-hydrogen) atoms. The van der Waals surface area contributed by atoms with Crippen molar-refractivity contribution in [2.45, 2.75) is 6.42 Å². The quantitative estimate of drug-likeness (QED) is 0.665. The third-order valence-electron chi connectivity index (χ3n) is 1.88. The Morgan fingerprint density at radius 1 is 1.21 bits per heavy atom. The van der Waals surface area contributed by atoms with E-state index in [1.54, 1.807) is 0 Å². The highest BCUT2D eigenvalue weighted by Crippen LogP contribution is 2.12. The van der Waals surface area contributed by atoms with E-state index in [2.05, 4.69) is 0 Å². The topological polar surface area (TPSA) is 35.5 Å². The highest BCUT2D eigenvalue weighted by atomic mass is 16.6. The minimum absolute atomic E-state index is 0.0122. The molecule has 0 amide bonds.